The van der Waals surface area contributed by atoms with Gasteiger partial charge in [0, 0.05) is 17.6 Å². The highest BCUT2D eigenvalue weighted by atomic mass is 32.2. The molecule has 146 valence electrons. The minimum atomic E-state index is -3.64. The Hall–Kier alpha value is -2.77. The van der Waals surface area contributed by atoms with Crippen LogP contribution in [0.3, 0.4) is 0 Å². The van der Waals surface area contributed by atoms with Gasteiger partial charge in [0.15, 0.2) is 0 Å². The summed E-state index contributed by atoms with van der Waals surface area (Å²) in [6, 6.07) is 13.9. The number of nitrogens with zero attached hydrogens (tertiary/aromatic N) is 1. The Morgan fingerprint density at radius 3 is 2.39 bits per heavy atom. The van der Waals surface area contributed by atoms with Gasteiger partial charge in [-0.2, -0.15) is 0 Å². The third-order valence-electron chi connectivity index (χ3n) is 4.27. The molecule has 2 aromatic carbocycles. The second-order valence-corrected chi connectivity index (χ2v) is 8.45. The third kappa shape index (κ3) is 4.55. The zero-order valence-electron chi connectivity index (χ0n) is 16.0. The second kappa shape index (κ2) is 8.08. The van der Waals surface area contributed by atoms with Crippen LogP contribution in [0.15, 0.2) is 53.4 Å². The van der Waals surface area contributed by atoms with Gasteiger partial charge in [-0.1, -0.05) is 29.3 Å². The number of rotatable bonds is 6. The molecule has 6 nitrogen and oxygen atoms in total. The van der Waals surface area contributed by atoms with Crippen molar-refractivity contribution in [1.82, 2.24) is 9.71 Å². The molecule has 0 aliphatic carbocycles. The van der Waals surface area contributed by atoms with Crippen molar-refractivity contribution in [3.63, 3.8) is 0 Å². The lowest BCUT2D eigenvalue weighted by Crippen LogP contribution is -2.28. The molecule has 0 atom stereocenters. The van der Waals surface area contributed by atoms with Crippen LogP contribution < -0.4 is 4.72 Å². The first-order chi connectivity index (χ1) is 13.3. The number of esters is 1. The topological polar surface area (TPSA) is 85.4 Å². The van der Waals surface area contributed by atoms with Crippen LogP contribution in [0.5, 0.6) is 0 Å². The summed E-state index contributed by atoms with van der Waals surface area (Å²) >= 11 is 0. The van der Waals surface area contributed by atoms with Gasteiger partial charge in [0.1, 0.15) is 6.61 Å². The molecular weight excluding hydrogens is 376 g/mol. The lowest BCUT2D eigenvalue weighted by atomic mass is 10.1. The van der Waals surface area contributed by atoms with Crippen molar-refractivity contribution in [2.45, 2.75) is 25.7 Å². The van der Waals surface area contributed by atoms with Gasteiger partial charge in [-0.15, -0.1) is 0 Å². The quantitative estimate of drug-likeness (QED) is 0.509. The molecule has 28 heavy (non-hydrogen) atoms. The predicted octanol–water partition coefficient (Wildman–Crippen LogP) is 3.30. The maximum Gasteiger partial charge on any atom is 0.338 e. The number of carbonyl (C=O) groups excluding carboxylic acids is 1. The lowest BCUT2D eigenvalue weighted by Gasteiger charge is -2.10. The molecule has 1 heterocycles. The highest BCUT2D eigenvalue weighted by Gasteiger charge is 2.16. The molecule has 0 aliphatic rings. The van der Waals surface area contributed by atoms with Gasteiger partial charge < -0.3 is 4.74 Å². The minimum absolute atomic E-state index is 0.0109. The monoisotopic (exact) mass is 398 g/mol. The van der Waals surface area contributed by atoms with Crippen LogP contribution in [0.1, 0.15) is 27.2 Å². The number of aromatic nitrogens is 1. The van der Waals surface area contributed by atoms with E-state index < -0.39 is 16.0 Å². The molecular formula is C21H22N2O4S. The van der Waals surface area contributed by atoms with Crippen molar-refractivity contribution < 1.29 is 17.9 Å². The van der Waals surface area contributed by atoms with E-state index in [4.69, 9.17) is 4.74 Å². The fourth-order valence-corrected chi connectivity index (χ4v) is 3.85. The highest BCUT2D eigenvalue weighted by Crippen LogP contribution is 2.21. The van der Waals surface area contributed by atoms with Crippen LogP contribution in [-0.2, 0) is 14.8 Å². The Labute approximate surface area is 164 Å². The summed E-state index contributed by atoms with van der Waals surface area (Å²) in [5.74, 6) is -0.504. The highest BCUT2D eigenvalue weighted by molar-refractivity contribution is 7.89. The summed E-state index contributed by atoms with van der Waals surface area (Å²) in [6.45, 7) is 5.55. The molecule has 1 aromatic heterocycles. The fraction of sp³-hybridized carbons (Fsp3) is 0.238. The van der Waals surface area contributed by atoms with Crippen molar-refractivity contribution in [3.8, 4) is 0 Å². The van der Waals surface area contributed by atoms with Crippen LogP contribution in [0.25, 0.3) is 10.9 Å². The molecule has 7 heteroatoms. The largest absolute Gasteiger partial charge is 0.461 e. The zero-order valence-corrected chi connectivity index (χ0v) is 16.8. The number of sulfonamides is 1. The number of nitrogens with one attached hydrogen (secondary N) is 1. The first-order valence-electron chi connectivity index (χ1n) is 8.88. The van der Waals surface area contributed by atoms with Gasteiger partial charge in [-0.3, -0.25) is 4.98 Å². The first-order valence-corrected chi connectivity index (χ1v) is 10.4. The summed E-state index contributed by atoms with van der Waals surface area (Å²) in [4.78, 5) is 17.1. The van der Waals surface area contributed by atoms with Crippen molar-refractivity contribution in [3.05, 3.63) is 70.9 Å². The van der Waals surface area contributed by atoms with Crippen LogP contribution in [0.4, 0.5) is 0 Å². The van der Waals surface area contributed by atoms with Gasteiger partial charge in [0.2, 0.25) is 10.0 Å². The first kappa shape index (κ1) is 20.0. The summed E-state index contributed by atoms with van der Waals surface area (Å²) in [5.41, 5.74) is 3.84. The standard InChI is InChI=1S/C21H22N2O4S/c1-14-4-7-17(8-5-14)28(25,26)22-10-11-27-21(24)19-13-16(3)23-20-9-6-15(2)12-18(19)20/h4-9,12-13,22H,10-11H2,1-3H3. The minimum Gasteiger partial charge on any atom is -0.461 e. The maximum atomic E-state index is 12.5. The van der Waals surface area contributed by atoms with Crippen LogP contribution >= 0.6 is 0 Å². The molecule has 3 rings (SSSR count). The van der Waals surface area contributed by atoms with Gasteiger partial charge in [0.25, 0.3) is 0 Å². The normalized spacial score (nSPS) is 11.5. The van der Waals surface area contributed by atoms with E-state index in [0.29, 0.717) is 11.3 Å². The Kier molecular flexibility index (Phi) is 5.76. The van der Waals surface area contributed by atoms with Crippen LogP contribution in [-0.4, -0.2) is 32.5 Å². The average Bonchev–Trinajstić information content (AvgIpc) is 2.65. The number of pyridine rings is 1. The van der Waals surface area contributed by atoms with E-state index in [9.17, 15) is 13.2 Å². The average molecular weight is 398 g/mol. The number of hydrogen-bond donors (Lipinski definition) is 1. The second-order valence-electron chi connectivity index (χ2n) is 6.68. The molecule has 0 aliphatic heterocycles. The summed E-state index contributed by atoms with van der Waals surface area (Å²) in [6.07, 6.45) is 0. The molecule has 0 spiro atoms. The van der Waals surface area contributed by atoms with Gasteiger partial charge in [-0.05, 0) is 51.1 Å². The number of aryl methyl sites for hydroxylation is 3. The number of fused-ring (bicyclic) bond motifs is 1. The van der Waals surface area contributed by atoms with E-state index in [0.717, 1.165) is 22.0 Å². The fourth-order valence-electron chi connectivity index (χ4n) is 2.84. The smallest absolute Gasteiger partial charge is 0.338 e. The van der Waals surface area contributed by atoms with Crippen molar-refractivity contribution in [1.29, 1.82) is 0 Å². The number of benzene rings is 2. The zero-order chi connectivity index (χ0) is 20.3. The molecule has 3 aromatic rings. The van der Waals surface area contributed by atoms with E-state index in [-0.39, 0.29) is 18.0 Å². The van der Waals surface area contributed by atoms with Gasteiger partial charge in [0.05, 0.1) is 16.0 Å². The summed E-state index contributed by atoms with van der Waals surface area (Å²) < 4.78 is 32.2. The SMILES string of the molecule is Cc1ccc(S(=O)(=O)NCCOC(=O)c2cc(C)nc3ccc(C)cc23)cc1. The van der Waals surface area contributed by atoms with Crippen LogP contribution in [0, 0.1) is 20.8 Å². The molecule has 0 amide bonds. The van der Waals surface area contributed by atoms with E-state index in [1.54, 1.807) is 18.2 Å². The van der Waals surface area contributed by atoms with E-state index >= 15 is 0 Å². The number of carbonyl (C=O) groups is 1. The Morgan fingerprint density at radius 2 is 1.68 bits per heavy atom. The lowest BCUT2D eigenvalue weighted by molar-refractivity contribution is 0.0515. The number of hydrogen-bond acceptors (Lipinski definition) is 5. The van der Waals surface area contributed by atoms with E-state index in [1.807, 2.05) is 39.0 Å². The van der Waals surface area contributed by atoms with E-state index in [2.05, 4.69) is 9.71 Å². The summed E-state index contributed by atoms with van der Waals surface area (Å²) in [5, 5.41) is 0.718. The van der Waals surface area contributed by atoms with Crippen molar-refractivity contribution in [2.75, 3.05) is 13.2 Å². The molecule has 0 radical (unpaired) electrons. The molecule has 0 saturated heterocycles. The number of ether oxygens (including phenoxy) is 1. The third-order valence-corrected chi connectivity index (χ3v) is 5.75. The molecule has 1 N–H and O–H groups in total. The Balaban J connectivity index is 1.66. The summed E-state index contributed by atoms with van der Waals surface area (Å²) in [7, 11) is -3.64. The Morgan fingerprint density at radius 1 is 1.00 bits per heavy atom. The van der Waals surface area contributed by atoms with Gasteiger partial charge in [-0.25, -0.2) is 17.9 Å². The molecule has 0 saturated carbocycles. The Bertz CT molecular complexity index is 1120. The van der Waals surface area contributed by atoms with E-state index in [1.165, 1.54) is 12.1 Å². The maximum absolute atomic E-state index is 12.5. The van der Waals surface area contributed by atoms with Crippen LogP contribution in [0.2, 0.25) is 0 Å². The predicted molar refractivity (Wildman–Crippen MR) is 108 cm³/mol. The van der Waals surface area contributed by atoms with Crippen molar-refractivity contribution in [2.24, 2.45) is 0 Å². The molecule has 0 unspecified atom stereocenters. The van der Waals surface area contributed by atoms with Gasteiger partial charge >= 0.3 is 5.97 Å². The molecule has 0 fully saturated rings. The van der Waals surface area contributed by atoms with Crippen molar-refractivity contribution >= 4 is 26.9 Å². The molecule has 0 bridgehead atoms.